The molecule has 0 saturated carbocycles. The first-order valence-electron chi connectivity index (χ1n) is 4.72. The van der Waals surface area contributed by atoms with E-state index in [0.29, 0.717) is 6.42 Å². The van der Waals surface area contributed by atoms with Crippen molar-refractivity contribution in [2.45, 2.75) is 6.42 Å². The number of nitrogens with zero attached hydrogens (tertiary/aromatic N) is 1. The molecule has 0 aliphatic heterocycles. The normalized spacial score (nSPS) is 10.5. The molecule has 1 rings (SSSR count). The Morgan fingerprint density at radius 3 is 2.53 bits per heavy atom. The lowest BCUT2D eigenvalue weighted by atomic mass is 10.0. The molecule has 0 aromatic heterocycles. The lowest BCUT2D eigenvalue weighted by Gasteiger charge is -2.01. The quantitative estimate of drug-likeness (QED) is 0.671. The van der Waals surface area contributed by atoms with Crippen LogP contribution in [0.3, 0.4) is 0 Å². The van der Waals surface area contributed by atoms with Crippen LogP contribution in [0.2, 0.25) is 0 Å². The van der Waals surface area contributed by atoms with E-state index in [9.17, 15) is 0 Å². The van der Waals surface area contributed by atoms with Crippen LogP contribution in [0.25, 0.3) is 5.57 Å². The number of rotatable bonds is 4. The summed E-state index contributed by atoms with van der Waals surface area (Å²) in [6.45, 7) is 7.63. The fraction of sp³-hybridized carbons (Fsp3) is 0.0714. The van der Waals surface area contributed by atoms with Gasteiger partial charge in [-0.25, -0.2) is 0 Å². The highest BCUT2D eigenvalue weighted by Gasteiger charge is 1.96. The first kappa shape index (κ1) is 11.0. The highest BCUT2D eigenvalue weighted by molar-refractivity contribution is 5.73. The molecule has 74 valence electrons. The third-order valence-corrected chi connectivity index (χ3v) is 2.05. The molecule has 1 heteroatoms. The van der Waals surface area contributed by atoms with E-state index in [0.717, 1.165) is 16.7 Å². The van der Waals surface area contributed by atoms with E-state index in [4.69, 9.17) is 5.26 Å². The van der Waals surface area contributed by atoms with Gasteiger partial charge in [0.2, 0.25) is 0 Å². The molecular formula is C14H13N. The molecule has 0 bridgehead atoms. The molecule has 0 aliphatic rings. The van der Waals surface area contributed by atoms with Crippen molar-refractivity contribution < 1.29 is 0 Å². The molecular weight excluding hydrogens is 182 g/mol. The van der Waals surface area contributed by atoms with Crippen LogP contribution in [0.5, 0.6) is 0 Å². The number of allylic oxidation sites excluding steroid dienone is 4. The second kappa shape index (κ2) is 5.62. The number of hydrogen-bond donors (Lipinski definition) is 0. The summed E-state index contributed by atoms with van der Waals surface area (Å²) in [7, 11) is 0. The minimum absolute atomic E-state index is 0.370. The Hall–Kier alpha value is -2.07. The SMILES string of the molecule is C=C/C(=C\C(=C)c1ccccc1)CC#N. The van der Waals surface area contributed by atoms with Crippen molar-refractivity contribution >= 4 is 5.57 Å². The van der Waals surface area contributed by atoms with Gasteiger partial charge in [0.05, 0.1) is 12.5 Å². The van der Waals surface area contributed by atoms with Gasteiger partial charge < -0.3 is 0 Å². The van der Waals surface area contributed by atoms with Gasteiger partial charge in [0.1, 0.15) is 0 Å². The summed E-state index contributed by atoms with van der Waals surface area (Å²) in [6, 6.07) is 12.0. The Labute approximate surface area is 90.7 Å². The van der Waals surface area contributed by atoms with E-state index >= 15 is 0 Å². The number of hydrogen-bond acceptors (Lipinski definition) is 1. The van der Waals surface area contributed by atoms with E-state index in [1.807, 2.05) is 36.4 Å². The van der Waals surface area contributed by atoms with E-state index in [1.165, 1.54) is 0 Å². The molecule has 0 atom stereocenters. The molecule has 0 saturated heterocycles. The fourth-order valence-electron chi connectivity index (χ4n) is 1.23. The van der Waals surface area contributed by atoms with Gasteiger partial charge in [-0.05, 0) is 16.7 Å². The molecule has 0 N–H and O–H groups in total. The molecule has 0 fully saturated rings. The number of nitriles is 1. The summed E-state index contributed by atoms with van der Waals surface area (Å²) in [5.41, 5.74) is 2.86. The van der Waals surface area contributed by atoms with Crippen molar-refractivity contribution in [2.75, 3.05) is 0 Å². The van der Waals surface area contributed by atoms with Gasteiger partial charge in [-0.3, -0.25) is 0 Å². The van der Waals surface area contributed by atoms with Crippen LogP contribution in [0, 0.1) is 11.3 Å². The van der Waals surface area contributed by atoms with Gasteiger partial charge in [-0.2, -0.15) is 5.26 Å². The average Bonchev–Trinajstić information content (AvgIpc) is 2.29. The summed E-state index contributed by atoms with van der Waals surface area (Å²) in [4.78, 5) is 0. The summed E-state index contributed by atoms with van der Waals surface area (Å²) in [5.74, 6) is 0. The molecule has 0 spiro atoms. The molecule has 0 unspecified atom stereocenters. The molecule has 1 nitrogen and oxygen atoms in total. The molecule has 15 heavy (non-hydrogen) atoms. The van der Waals surface area contributed by atoms with Crippen molar-refractivity contribution in [3.8, 4) is 6.07 Å². The summed E-state index contributed by atoms with van der Waals surface area (Å²) in [5, 5.41) is 8.58. The van der Waals surface area contributed by atoms with E-state index in [1.54, 1.807) is 6.08 Å². The standard InChI is InChI=1S/C14H13N/c1-3-13(9-10-15)11-12(2)14-7-5-4-6-8-14/h3-8,11H,1-2,9H2/b13-11+. The zero-order valence-electron chi connectivity index (χ0n) is 8.61. The highest BCUT2D eigenvalue weighted by Crippen LogP contribution is 2.16. The lowest BCUT2D eigenvalue weighted by molar-refractivity contribution is 1.28. The van der Waals surface area contributed by atoms with E-state index < -0.39 is 0 Å². The molecule has 0 radical (unpaired) electrons. The van der Waals surface area contributed by atoms with Gasteiger partial charge in [0.15, 0.2) is 0 Å². The minimum atomic E-state index is 0.370. The first-order valence-corrected chi connectivity index (χ1v) is 4.72. The molecule has 1 aromatic carbocycles. The van der Waals surface area contributed by atoms with Crippen LogP contribution in [0.15, 0.2) is 61.2 Å². The predicted octanol–water partition coefficient (Wildman–Crippen LogP) is 3.73. The van der Waals surface area contributed by atoms with Crippen molar-refractivity contribution in [2.24, 2.45) is 0 Å². The smallest absolute Gasteiger partial charge is 0.0669 e. The molecule has 0 heterocycles. The minimum Gasteiger partial charge on any atom is -0.198 e. The Kier molecular flexibility index (Phi) is 4.12. The van der Waals surface area contributed by atoms with Crippen LogP contribution < -0.4 is 0 Å². The second-order valence-electron chi connectivity index (χ2n) is 3.15. The van der Waals surface area contributed by atoms with Gasteiger partial charge in [0.25, 0.3) is 0 Å². The van der Waals surface area contributed by atoms with Gasteiger partial charge in [-0.15, -0.1) is 0 Å². The summed E-state index contributed by atoms with van der Waals surface area (Å²) < 4.78 is 0. The van der Waals surface area contributed by atoms with Crippen LogP contribution in [-0.2, 0) is 0 Å². The van der Waals surface area contributed by atoms with Crippen LogP contribution in [-0.4, -0.2) is 0 Å². The topological polar surface area (TPSA) is 23.8 Å². The zero-order chi connectivity index (χ0) is 11.1. The van der Waals surface area contributed by atoms with E-state index in [2.05, 4.69) is 19.2 Å². The van der Waals surface area contributed by atoms with Gasteiger partial charge >= 0.3 is 0 Å². The predicted molar refractivity (Wildman–Crippen MR) is 64.0 cm³/mol. The van der Waals surface area contributed by atoms with Crippen molar-refractivity contribution in [3.63, 3.8) is 0 Å². The molecule has 1 aromatic rings. The van der Waals surface area contributed by atoms with Crippen LogP contribution >= 0.6 is 0 Å². The maximum atomic E-state index is 8.58. The lowest BCUT2D eigenvalue weighted by Crippen LogP contribution is -1.81. The maximum absolute atomic E-state index is 8.58. The third-order valence-electron chi connectivity index (χ3n) is 2.05. The van der Waals surface area contributed by atoms with E-state index in [-0.39, 0.29) is 0 Å². The Bertz CT molecular complexity index is 418. The largest absolute Gasteiger partial charge is 0.198 e. The Balaban J connectivity index is 2.87. The van der Waals surface area contributed by atoms with Gasteiger partial charge in [0, 0.05) is 0 Å². The van der Waals surface area contributed by atoms with Crippen molar-refractivity contribution in [1.29, 1.82) is 5.26 Å². The van der Waals surface area contributed by atoms with Gasteiger partial charge in [-0.1, -0.05) is 55.6 Å². The zero-order valence-corrected chi connectivity index (χ0v) is 8.61. The van der Waals surface area contributed by atoms with Crippen molar-refractivity contribution in [1.82, 2.24) is 0 Å². The molecule has 0 amide bonds. The number of benzene rings is 1. The Morgan fingerprint density at radius 2 is 2.00 bits per heavy atom. The van der Waals surface area contributed by atoms with Crippen LogP contribution in [0.1, 0.15) is 12.0 Å². The summed E-state index contributed by atoms with van der Waals surface area (Å²) >= 11 is 0. The monoisotopic (exact) mass is 195 g/mol. The average molecular weight is 195 g/mol. The second-order valence-corrected chi connectivity index (χ2v) is 3.15. The van der Waals surface area contributed by atoms with Crippen molar-refractivity contribution in [3.05, 3.63) is 66.8 Å². The molecule has 0 aliphatic carbocycles. The Morgan fingerprint density at radius 1 is 1.33 bits per heavy atom. The van der Waals surface area contributed by atoms with Crippen LogP contribution in [0.4, 0.5) is 0 Å². The first-order chi connectivity index (χ1) is 7.27. The summed E-state index contributed by atoms with van der Waals surface area (Å²) in [6.07, 6.45) is 3.96. The highest BCUT2D eigenvalue weighted by atomic mass is 14.2. The maximum Gasteiger partial charge on any atom is 0.0669 e. The fourth-order valence-corrected chi connectivity index (χ4v) is 1.23. The third kappa shape index (κ3) is 3.28.